The molecular formula is C34H38Br2N4. The standard InChI is InChI=1S/C34H38Br2N4/c1-7-23-19(3)27-15-28-21(5)25(11-9-13-35)33(39-28)18-34-26(12-10-14-36)22(6)30(40-34)17-32-24(8-2)20(4)29(38-32)16-31(23)37-27/h15-18H,7-14H2,1-6H3. The third-order valence-electron chi connectivity index (χ3n) is 8.47. The number of hydrogen-bond donors (Lipinski definition) is 0. The van der Waals surface area contributed by atoms with Gasteiger partial charge >= 0.3 is 0 Å². The van der Waals surface area contributed by atoms with Gasteiger partial charge in [0.15, 0.2) is 0 Å². The summed E-state index contributed by atoms with van der Waals surface area (Å²) in [5.74, 6) is 0. The van der Waals surface area contributed by atoms with Gasteiger partial charge in [-0.1, -0.05) is 45.7 Å². The fourth-order valence-electron chi connectivity index (χ4n) is 6.08. The van der Waals surface area contributed by atoms with E-state index in [1.165, 1.54) is 44.6 Å². The minimum atomic E-state index is 0.928. The van der Waals surface area contributed by atoms with Crippen LogP contribution in [0.25, 0.3) is 0 Å². The fourth-order valence-corrected chi connectivity index (χ4v) is 6.64. The van der Waals surface area contributed by atoms with Crippen LogP contribution in [-0.4, -0.2) is 33.5 Å². The van der Waals surface area contributed by atoms with Gasteiger partial charge in [-0.2, -0.15) is 0 Å². The highest BCUT2D eigenvalue weighted by Gasteiger charge is 2.28. The molecule has 0 N–H and O–H groups in total. The van der Waals surface area contributed by atoms with Crippen molar-refractivity contribution in [3.63, 3.8) is 0 Å². The second-order valence-corrected chi connectivity index (χ2v) is 12.4. The van der Waals surface area contributed by atoms with Gasteiger partial charge in [0.25, 0.3) is 0 Å². The summed E-state index contributed by atoms with van der Waals surface area (Å²) >= 11 is 7.27. The molecule has 5 aliphatic rings. The minimum absolute atomic E-state index is 0.928. The molecule has 40 heavy (non-hydrogen) atoms. The van der Waals surface area contributed by atoms with Crippen molar-refractivity contribution in [2.75, 3.05) is 10.7 Å². The van der Waals surface area contributed by atoms with Crippen LogP contribution >= 0.6 is 31.9 Å². The number of allylic oxidation sites excluding steroid dienone is 12. The van der Waals surface area contributed by atoms with Crippen LogP contribution in [0.3, 0.4) is 0 Å². The molecule has 5 rings (SSSR count). The number of alkyl halides is 2. The molecule has 0 saturated heterocycles. The van der Waals surface area contributed by atoms with E-state index in [1.54, 1.807) is 0 Å². The van der Waals surface area contributed by atoms with Gasteiger partial charge in [-0.05, 0) is 135 Å². The summed E-state index contributed by atoms with van der Waals surface area (Å²) in [6.07, 6.45) is 14.7. The summed E-state index contributed by atoms with van der Waals surface area (Å²) in [6.45, 7) is 13.2. The molecule has 4 nitrogen and oxygen atoms in total. The Balaban J connectivity index is 1.77. The van der Waals surface area contributed by atoms with Crippen molar-refractivity contribution < 1.29 is 0 Å². The third-order valence-corrected chi connectivity index (χ3v) is 9.59. The molecule has 8 bridgehead atoms. The second kappa shape index (κ2) is 12.2. The van der Waals surface area contributed by atoms with Crippen LogP contribution in [0.1, 0.15) is 80.1 Å². The van der Waals surface area contributed by atoms with Crippen molar-refractivity contribution in [3.8, 4) is 0 Å². The Kier molecular flexibility index (Phi) is 8.86. The maximum absolute atomic E-state index is 5.22. The highest BCUT2D eigenvalue weighted by atomic mass is 79.9. The molecule has 0 aromatic rings. The summed E-state index contributed by atoms with van der Waals surface area (Å²) in [4.78, 5) is 20.7. The molecule has 0 aromatic heterocycles. The van der Waals surface area contributed by atoms with Gasteiger partial charge in [-0.15, -0.1) is 0 Å². The Morgan fingerprint density at radius 2 is 0.850 bits per heavy atom. The number of rotatable bonds is 8. The van der Waals surface area contributed by atoms with E-state index in [-0.39, 0.29) is 0 Å². The van der Waals surface area contributed by atoms with Gasteiger partial charge in [-0.3, -0.25) is 0 Å². The van der Waals surface area contributed by atoms with Gasteiger partial charge in [0, 0.05) is 10.7 Å². The zero-order chi connectivity index (χ0) is 28.6. The summed E-state index contributed by atoms with van der Waals surface area (Å²) < 4.78 is 0. The van der Waals surface area contributed by atoms with Gasteiger partial charge in [0.1, 0.15) is 0 Å². The lowest BCUT2D eigenvalue weighted by molar-refractivity contribution is 0.923. The molecule has 5 aliphatic heterocycles. The average molecular weight is 663 g/mol. The lowest BCUT2D eigenvalue weighted by atomic mass is 9.96. The van der Waals surface area contributed by atoms with Crippen molar-refractivity contribution in [1.29, 1.82) is 0 Å². The zero-order valence-electron chi connectivity index (χ0n) is 24.5. The maximum Gasteiger partial charge on any atom is 0.0694 e. The summed E-state index contributed by atoms with van der Waals surface area (Å²) in [5.41, 5.74) is 18.3. The smallest absolute Gasteiger partial charge is 0.0694 e. The molecule has 0 saturated carbocycles. The number of fused-ring (bicyclic) bond motifs is 4. The Labute approximate surface area is 256 Å². The molecule has 0 spiro atoms. The van der Waals surface area contributed by atoms with Crippen LogP contribution in [0.15, 0.2) is 112 Å². The molecule has 6 heteroatoms. The molecule has 0 aromatic carbocycles. The number of aliphatic imine (C=N–C) groups is 4. The second-order valence-electron chi connectivity index (χ2n) is 10.8. The highest BCUT2D eigenvalue weighted by molar-refractivity contribution is 9.09. The van der Waals surface area contributed by atoms with Crippen LogP contribution in [-0.2, 0) is 0 Å². The predicted octanol–water partition coefficient (Wildman–Crippen LogP) is 9.79. The van der Waals surface area contributed by atoms with E-state index in [1.807, 2.05) is 0 Å². The van der Waals surface area contributed by atoms with E-state index in [0.717, 1.165) is 94.8 Å². The fraction of sp³-hybridized carbons (Fsp3) is 0.412. The van der Waals surface area contributed by atoms with E-state index >= 15 is 0 Å². The Morgan fingerprint density at radius 3 is 1.32 bits per heavy atom. The maximum atomic E-state index is 5.22. The lowest BCUT2D eigenvalue weighted by Gasteiger charge is -2.07. The Hall–Kier alpha value is -2.44. The van der Waals surface area contributed by atoms with E-state index in [2.05, 4.69) is 97.7 Å². The van der Waals surface area contributed by atoms with Gasteiger partial charge < -0.3 is 0 Å². The molecule has 0 aliphatic carbocycles. The van der Waals surface area contributed by atoms with Crippen LogP contribution in [0, 0.1) is 0 Å². The molecular weight excluding hydrogens is 624 g/mol. The first kappa shape index (κ1) is 29.1. The molecule has 0 radical (unpaired) electrons. The quantitative estimate of drug-likeness (QED) is 0.233. The van der Waals surface area contributed by atoms with Crippen LogP contribution in [0.5, 0.6) is 0 Å². The van der Waals surface area contributed by atoms with E-state index < -0.39 is 0 Å². The van der Waals surface area contributed by atoms with Crippen molar-refractivity contribution >= 4 is 54.7 Å². The molecule has 208 valence electrons. The van der Waals surface area contributed by atoms with Gasteiger partial charge in [-0.25, -0.2) is 20.0 Å². The Morgan fingerprint density at radius 1 is 0.475 bits per heavy atom. The van der Waals surface area contributed by atoms with Crippen molar-refractivity contribution in [2.24, 2.45) is 20.0 Å². The van der Waals surface area contributed by atoms with Gasteiger partial charge in [0.2, 0.25) is 0 Å². The average Bonchev–Trinajstić information content (AvgIpc) is 3.59. The molecule has 0 amide bonds. The Bertz CT molecular complexity index is 1540. The first-order chi connectivity index (χ1) is 19.3. The summed E-state index contributed by atoms with van der Waals surface area (Å²) in [6, 6.07) is 0. The van der Waals surface area contributed by atoms with E-state index in [0.29, 0.717) is 0 Å². The van der Waals surface area contributed by atoms with E-state index in [4.69, 9.17) is 20.0 Å². The summed E-state index contributed by atoms with van der Waals surface area (Å²) in [5, 5.41) is 1.94. The predicted molar refractivity (Wildman–Crippen MR) is 180 cm³/mol. The molecule has 0 unspecified atom stereocenters. The topological polar surface area (TPSA) is 49.4 Å². The number of hydrogen-bond acceptors (Lipinski definition) is 4. The monoisotopic (exact) mass is 660 g/mol. The van der Waals surface area contributed by atoms with Crippen molar-refractivity contribution in [3.05, 3.63) is 91.7 Å². The minimum Gasteiger partial charge on any atom is -0.248 e. The number of nitrogens with zero attached hydrogens (tertiary/aromatic N) is 4. The van der Waals surface area contributed by atoms with Crippen LogP contribution in [0.4, 0.5) is 0 Å². The number of halogens is 2. The lowest BCUT2D eigenvalue weighted by Crippen LogP contribution is -2.00. The largest absolute Gasteiger partial charge is 0.248 e. The zero-order valence-corrected chi connectivity index (χ0v) is 27.7. The van der Waals surface area contributed by atoms with Crippen molar-refractivity contribution in [1.82, 2.24) is 0 Å². The normalized spacial score (nSPS) is 20.6. The SMILES string of the molecule is CCC1=C(C)C2=CC3=NC(=CC4=NC(=CC5=NC(=CC1=N2)C(C)=C5CC)C(C)=C4CCCBr)C(CCCBr)=C3C. The van der Waals surface area contributed by atoms with Gasteiger partial charge in [0.05, 0.1) is 45.6 Å². The van der Waals surface area contributed by atoms with E-state index in [9.17, 15) is 0 Å². The first-order valence-electron chi connectivity index (χ1n) is 14.5. The van der Waals surface area contributed by atoms with Crippen LogP contribution in [0.2, 0.25) is 0 Å². The molecule has 0 atom stereocenters. The third kappa shape index (κ3) is 5.30. The summed E-state index contributed by atoms with van der Waals surface area (Å²) in [7, 11) is 0. The molecule has 5 heterocycles. The first-order valence-corrected chi connectivity index (χ1v) is 16.7. The highest BCUT2D eigenvalue weighted by Crippen LogP contribution is 2.38. The van der Waals surface area contributed by atoms with Crippen molar-refractivity contribution in [2.45, 2.75) is 80.1 Å². The van der Waals surface area contributed by atoms with Crippen LogP contribution < -0.4 is 0 Å². The molecule has 0 fully saturated rings.